The van der Waals surface area contributed by atoms with Gasteiger partial charge in [-0.2, -0.15) is 0 Å². The van der Waals surface area contributed by atoms with Crippen LogP contribution in [0.3, 0.4) is 0 Å². The number of rotatable bonds is 16. The molecule has 18 nitrogen and oxygen atoms in total. The Morgan fingerprint density at radius 3 is 0.630 bits per heavy atom. The second kappa shape index (κ2) is 38.5. The number of para-hydroxylation sites is 6. The van der Waals surface area contributed by atoms with E-state index >= 15 is 0 Å². The SMILES string of the molecule is Cc1ccc(-c2nc(-c3ccc(C)cc3)nc(-c3ccc(C)cc3)n2)cc1.Cc1ccc(-c2nnc(-c3cc(C)cc(-c4nnc(-c5ccc(C)cc5)o4)c3)o2)cc1.Cc1ccc(-c2nnc(-c3ccc(C)cc3)n2-c2ccc(C)cc2)cc1.Cc1ccc(-n2c(-c3cc(-c4nc5ccccc5n4-c4ccc(C)cc4)cc(-c4nc5ccccc5n4-c4ccc(C)cc4)c3)nc3ccccc32)cc1. The Balaban J connectivity index is 0.000000120. The molecule has 0 bridgehead atoms. The minimum absolute atomic E-state index is 0.443. The van der Waals surface area contributed by atoms with Gasteiger partial charge in [-0.15, -0.1) is 30.6 Å². The molecule has 0 radical (unpaired) electrons. The highest BCUT2D eigenvalue weighted by Gasteiger charge is 2.26. The molecule has 0 aliphatic rings. The van der Waals surface area contributed by atoms with Gasteiger partial charge in [-0.3, -0.25) is 18.3 Å². The molecular formula is C120H98N16O2. The molecule has 0 aliphatic carbocycles. The number of aryl methyl sites for hydroxylation is 12. The molecule has 0 unspecified atom stereocenters. The van der Waals surface area contributed by atoms with E-state index in [9.17, 15) is 0 Å². The number of imidazole rings is 3. The number of hydrogen-bond donors (Lipinski definition) is 0. The molecule has 18 heteroatoms. The quantitative estimate of drug-likeness (QED) is 0.0884. The molecule has 16 aromatic carbocycles. The van der Waals surface area contributed by atoms with Crippen LogP contribution in [0.25, 0.3) is 193 Å². The highest BCUT2D eigenvalue weighted by atomic mass is 16.4. The highest BCUT2D eigenvalue weighted by molar-refractivity contribution is 5.91. The number of aromatic nitrogens is 16. The molecule has 7 aromatic heterocycles. The Morgan fingerprint density at radius 1 is 0.159 bits per heavy atom. The van der Waals surface area contributed by atoms with Crippen molar-refractivity contribution in [3.05, 3.63) is 443 Å². The Bertz CT molecular complexity index is 7640. The summed E-state index contributed by atoms with van der Waals surface area (Å²) in [6, 6.07) is 130. The zero-order valence-corrected chi connectivity index (χ0v) is 78.8. The van der Waals surface area contributed by atoms with Gasteiger partial charge < -0.3 is 8.83 Å². The minimum atomic E-state index is 0.443. The van der Waals surface area contributed by atoms with E-state index in [4.69, 9.17) is 38.7 Å². The molecule has 0 saturated heterocycles. The van der Waals surface area contributed by atoms with Gasteiger partial charge in [-0.05, 0) is 234 Å². The van der Waals surface area contributed by atoms with Crippen LogP contribution >= 0.6 is 0 Å². The van der Waals surface area contributed by atoms with E-state index in [1.165, 1.54) is 61.2 Å². The van der Waals surface area contributed by atoms with Gasteiger partial charge in [0.05, 0.1) is 33.1 Å². The number of nitrogens with zero attached hydrogens (tertiary/aromatic N) is 16. The molecule has 138 heavy (non-hydrogen) atoms. The largest absolute Gasteiger partial charge is 0.416 e. The van der Waals surface area contributed by atoms with Crippen LogP contribution in [0.5, 0.6) is 0 Å². The lowest BCUT2D eigenvalue weighted by molar-refractivity contribution is 0.582. The van der Waals surface area contributed by atoms with Crippen molar-refractivity contribution < 1.29 is 8.83 Å². The van der Waals surface area contributed by atoms with Crippen molar-refractivity contribution in [2.75, 3.05) is 0 Å². The van der Waals surface area contributed by atoms with Crippen LogP contribution in [0.2, 0.25) is 0 Å². The average Bonchev–Trinajstić information content (AvgIpc) is 1.58. The molecule has 23 aromatic rings. The zero-order valence-electron chi connectivity index (χ0n) is 78.8. The molecular weight excluding hydrogens is 1700 g/mol. The van der Waals surface area contributed by atoms with E-state index < -0.39 is 0 Å². The third-order valence-corrected chi connectivity index (χ3v) is 24.4. The monoisotopic (exact) mass is 1790 g/mol. The highest BCUT2D eigenvalue weighted by Crippen LogP contribution is 2.41. The first kappa shape index (κ1) is 88.3. The standard InChI is InChI=1S/C48H36N6.C25H20N4O2.C24H21N3.C23H21N3/c1-31-16-22-37(23-17-31)52-43-13-7-4-10-40(43)49-46(52)34-28-35(47-50-41-11-5-8-14-44(41)53(47)38-24-18-32(2)19-25-38)30-36(29-34)48-51-42-12-6-9-15-45(42)54(48)39-26-20-33(3)21-27-39;1-15-4-8-18(9-5-15)22-26-28-24(30-22)20-12-17(3)13-21(14-20)25-29-27-23(31-25)19-10-6-16(2)7-11-19;1-16-4-10-19(11-5-16)22-25-23(20-12-6-17(2)7-13-20)27-24(26-22)21-14-8-18(3)9-15-21;1-16-4-10-19(11-5-16)22-24-25-23(20-12-6-17(2)7-13-20)26(22)21-14-8-18(3)9-15-21/h4-30H,1-3H3;4-14H,1-3H3;4-15H,1-3H3;4-15H,1-3H3. The molecule has 0 fully saturated rings. The zero-order chi connectivity index (χ0) is 94.6. The Hall–Kier alpha value is -17.6. The molecule has 0 atom stereocenters. The van der Waals surface area contributed by atoms with Crippen LogP contribution in [-0.2, 0) is 0 Å². The van der Waals surface area contributed by atoms with Crippen molar-refractivity contribution in [3.63, 3.8) is 0 Å². The summed E-state index contributed by atoms with van der Waals surface area (Å²) in [5.41, 5.74) is 35.8. The molecule has 0 saturated carbocycles. The average molecular weight is 1800 g/mol. The lowest BCUT2D eigenvalue weighted by Gasteiger charge is -2.16. The summed E-state index contributed by atoms with van der Waals surface area (Å²) in [5, 5.41) is 25.9. The first-order valence-electron chi connectivity index (χ1n) is 46.1. The number of benzene rings is 16. The van der Waals surface area contributed by atoms with Gasteiger partial charge in [0.15, 0.2) is 29.1 Å². The van der Waals surface area contributed by atoms with E-state index in [0.29, 0.717) is 41.0 Å². The molecule has 0 amide bonds. The maximum Gasteiger partial charge on any atom is 0.248 e. The molecule has 0 aliphatic heterocycles. The van der Waals surface area contributed by atoms with Gasteiger partial charge in [0, 0.05) is 89.5 Å². The van der Waals surface area contributed by atoms with Crippen LogP contribution in [0.4, 0.5) is 0 Å². The topological polar surface area (TPSA) is 201 Å². The van der Waals surface area contributed by atoms with Crippen molar-refractivity contribution in [2.45, 2.75) is 83.1 Å². The summed E-state index contributed by atoms with van der Waals surface area (Å²) in [6.45, 7) is 24.9. The third-order valence-electron chi connectivity index (χ3n) is 24.4. The summed E-state index contributed by atoms with van der Waals surface area (Å²) in [4.78, 5) is 30.2. The summed E-state index contributed by atoms with van der Waals surface area (Å²) in [5.74, 6) is 8.17. The van der Waals surface area contributed by atoms with E-state index in [1.807, 2.05) is 106 Å². The van der Waals surface area contributed by atoms with Gasteiger partial charge in [-0.25, -0.2) is 29.9 Å². The fourth-order valence-corrected chi connectivity index (χ4v) is 16.7. The molecule has 7 heterocycles. The van der Waals surface area contributed by atoms with Gasteiger partial charge in [0.1, 0.15) is 17.5 Å². The number of hydrogen-bond acceptors (Lipinski definition) is 14. The van der Waals surface area contributed by atoms with E-state index in [1.54, 1.807) is 0 Å². The van der Waals surface area contributed by atoms with Crippen LogP contribution in [-0.4, -0.2) is 78.8 Å². The fourth-order valence-electron chi connectivity index (χ4n) is 16.7. The summed E-state index contributed by atoms with van der Waals surface area (Å²) in [6.07, 6.45) is 0. The van der Waals surface area contributed by atoms with Crippen LogP contribution < -0.4 is 0 Å². The molecule has 0 spiro atoms. The maximum absolute atomic E-state index is 5.94. The van der Waals surface area contributed by atoms with Crippen LogP contribution in [0.1, 0.15) is 66.8 Å². The lowest BCUT2D eigenvalue weighted by Crippen LogP contribution is -2.02. The predicted molar refractivity (Wildman–Crippen MR) is 556 cm³/mol. The van der Waals surface area contributed by atoms with Gasteiger partial charge in [-0.1, -0.05) is 292 Å². The summed E-state index contributed by atoms with van der Waals surface area (Å²) < 4.78 is 20.8. The van der Waals surface area contributed by atoms with Crippen LogP contribution in [0, 0.1) is 83.1 Å². The first-order chi connectivity index (χ1) is 67.2. The minimum Gasteiger partial charge on any atom is -0.416 e. The van der Waals surface area contributed by atoms with Gasteiger partial charge >= 0.3 is 0 Å². The van der Waals surface area contributed by atoms with Gasteiger partial charge in [0.2, 0.25) is 23.6 Å². The predicted octanol–water partition coefficient (Wildman–Crippen LogP) is 29.0. The van der Waals surface area contributed by atoms with Crippen molar-refractivity contribution in [1.29, 1.82) is 0 Å². The molecule has 670 valence electrons. The lowest BCUT2D eigenvalue weighted by atomic mass is 10.0. The van der Waals surface area contributed by atoms with Crippen LogP contribution in [0.15, 0.2) is 385 Å². The Labute approximate surface area is 801 Å². The third kappa shape index (κ3) is 19.1. The number of fused-ring (bicyclic) bond motifs is 3. The second-order valence-corrected chi connectivity index (χ2v) is 35.4. The Kier molecular flexibility index (Phi) is 24.6. The molecule has 0 N–H and O–H groups in total. The van der Waals surface area contributed by atoms with E-state index in [0.717, 1.165) is 157 Å². The second-order valence-electron chi connectivity index (χ2n) is 35.4. The normalized spacial score (nSPS) is 11.2. The Morgan fingerprint density at radius 2 is 0.370 bits per heavy atom. The van der Waals surface area contributed by atoms with E-state index in [-0.39, 0.29) is 0 Å². The summed E-state index contributed by atoms with van der Waals surface area (Å²) >= 11 is 0. The van der Waals surface area contributed by atoms with Crippen molar-refractivity contribution in [3.8, 4) is 160 Å². The fraction of sp³-hybridized carbons (Fsp3) is 0.100. The van der Waals surface area contributed by atoms with Crippen molar-refractivity contribution in [2.24, 2.45) is 0 Å². The summed E-state index contributed by atoms with van der Waals surface area (Å²) in [7, 11) is 0. The van der Waals surface area contributed by atoms with E-state index in [2.05, 4.69) is 402 Å². The maximum atomic E-state index is 5.94. The van der Waals surface area contributed by atoms with Crippen molar-refractivity contribution in [1.82, 2.24) is 78.8 Å². The van der Waals surface area contributed by atoms with Gasteiger partial charge in [0.25, 0.3) is 0 Å². The molecule has 23 rings (SSSR count). The van der Waals surface area contributed by atoms with Crippen molar-refractivity contribution >= 4 is 33.1 Å². The smallest absolute Gasteiger partial charge is 0.248 e. The first-order valence-corrected chi connectivity index (χ1v) is 46.1.